The van der Waals surface area contributed by atoms with Crippen LogP contribution in [-0.2, 0) is 0 Å². The summed E-state index contributed by atoms with van der Waals surface area (Å²) in [6.07, 6.45) is 4.21. The fourth-order valence-corrected chi connectivity index (χ4v) is 2.22. The van der Waals surface area contributed by atoms with E-state index in [1.165, 1.54) is 6.20 Å². The van der Waals surface area contributed by atoms with Crippen LogP contribution in [0.3, 0.4) is 0 Å². The second kappa shape index (κ2) is 4.73. The molecule has 0 radical (unpaired) electrons. The van der Waals surface area contributed by atoms with Crippen LogP contribution in [0.5, 0.6) is 0 Å². The Labute approximate surface area is 102 Å². The van der Waals surface area contributed by atoms with E-state index in [1.54, 1.807) is 12.3 Å². The number of hydrogen-bond acceptors (Lipinski definition) is 3. The molecule has 1 aliphatic heterocycles. The van der Waals surface area contributed by atoms with Gasteiger partial charge < -0.3 is 10.6 Å². The molecule has 4 heteroatoms. The first-order chi connectivity index (χ1) is 8.09. The summed E-state index contributed by atoms with van der Waals surface area (Å²) < 4.78 is 0. The van der Waals surface area contributed by atoms with Gasteiger partial charge in [0.2, 0.25) is 0 Å². The number of nitrogen functional groups attached to an aromatic ring is 1. The van der Waals surface area contributed by atoms with E-state index in [2.05, 4.69) is 18.8 Å². The van der Waals surface area contributed by atoms with Crippen LogP contribution in [0.4, 0.5) is 5.69 Å². The van der Waals surface area contributed by atoms with E-state index in [4.69, 9.17) is 5.73 Å². The third-order valence-corrected chi connectivity index (χ3v) is 3.70. The molecule has 17 heavy (non-hydrogen) atoms. The van der Waals surface area contributed by atoms with Crippen LogP contribution < -0.4 is 5.73 Å². The summed E-state index contributed by atoms with van der Waals surface area (Å²) in [5, 5.41) is 0. The highest BCUT2D eigenvalue weighted by atomic mass is 16.2. The predicted octanol–water partition coefficient (Wildman–Crippen LogP) is 1.78. The van der Waals surface area contributed by atoms with E-state index < -0.39 is 0 Å². The van der Waals surface area contributed by atoms with Crippen LogP contribution in [0.25, 0.3) is 0 Å². The summed E-state index contributed by atoms with van der Waals surface area (Å²) >= 11 is 0. The van der Waals surface area contributed by atoms with Crippen molar-refractivity contribution in [3.05, 3.63) is 24.0 Å². The molecule has 1 fully saturated rings. The van der Waals surface area contributed by atoms with Gasteiger partial charge in [-0.1, -0.05) is 13.8 Å². The highest BCUT2D eigenvalue weighted by molar-refractivity contribution is 5.98. The standard InChI is InChI=1S/C13H19N3O/c1-9-4-6-16(8-10(9)2)13(17)11-3-5-15-7-12(11)14/h3,5,7,9-10H,4,6,8,14H2,1-2H3. The summed E-state index contributed by atoms with van der Waals surface area (Å²) in [6.45, 7) is 6.08. The van der Waals surface area contributed by atoms with Crippen molar-refractivity contribution < 1.29 is 4.79 Å². The minimum atomic E-state index is 0.0312. The van der Waals surface area contributed by atoms with Gasteiger partial charge in [0.05, 0.1) is 17.4 Å². The normalized spacial score (nSPS) is 24.7. The zero-order valence-electron chi connectivity index (χ0n) is 10.4. The lowest BCUT2D eigenvalue weighted by Gasteiger charge is -2.35. The van der Waals surface area contributed by atoms with Crippen molar-refractivity contribution in [2.75, 3.05) is 18.8 Å². The summed E-state index contributed by atoms with van der Waals surface area (Å²) in [4.78, 5) is 18.1. The molecule has 2 N–H and O–H groups in total. The number of hydrogen-bond donors (Lipinski definition) is 1. The third kappa shape index (κ3) is 2.40. The van der Waals surface area contributed by atoms with E-state index in [9.17, 15) is 4.79 Å². The number of carbonyl (C=O) groups is 1. The van der Waals surface area contributed by atoms with Crippen molar-refractivity contribution in [1.82, 2.24) is 9.88 Å². The highest BCUT2D eigenvalue weighted by Gasteiger charge is 2.27. The minimum Gasteiger partial charge on any atom is -0.397 e. The molecule has 1 aromatic heterocycles. The van der Waals surface area contributed by atoms with Crippen molar-refractivity contribution in [3.63, 3.8) is 0 Å². The van der Waals surface area contributed by atoms with E-state index >= 15 is 0 Å². The van der Waals surface area contributed by atoms with Crippen molar-refractivity contribution in [3.8, 4) is 0 Å². The second-order valence-corrected chi connectivity index (χ2v) is 4.96. The maximum Gasteiger partial charge on any atom is 0.256 e. The van der Waals surface area contributed by atoms with E-state index in [0.717, 1.165) is 19.5 Å². The maximum atomic E-state index is 12.3. The lowest BCUT2D eigenvalue weighted by molar-refractivity contribution is 0.0628. The zero-order valence-corrected chi connectivity index (χ0v) is 10.4. The van der Waals surface area contributed by atoms with Crippen LogP contribution in [0.2, 0.25) is 0 Å². The summed E-state index contributed by atoms with van der Waals surface area (Å²) in [5.41, 5.74) is 6.81. The number of carbonyl (C=O) groups excluding carboxylic acids is 1. The number of amides is 1. The van der Waals surface area contributed by atoms with Crippen LogP contribution >= 0.6 is 0 Å². The van der Waals surface area contributed by atoms with Crippen LogP contribution in [0.1, 0.15) is 30.6 Å². The summed E-state index contributed by atoms with van der Waals surface area (Å²) in [7, 11) is 0. The Morgan fingerprint density at radius 1 is 1.47 bits per heavy atom. The Balaban J connectivity index is 2.14. The predicted molar refractivity (Wildman–Crippen MR) is 67.5 cm³/mol. The fourth-order valence-electron chi connectivity index (χ4n) is 2.22. The third-order valence-electron chi connectivity index (χ3n) is 3.70. The maximum absolute atomic E-state index is 12.3. The van der Waals surface area contributed by atoms with Crippen molar-refractivity contribution in [2.45, 2.75) is 20.3 Å². The Hall–Kier alpha value is -1.58. The number of anilines is 1. The monoisotopic (exact) mass is 233 g/mol. The lowest BCUT2D eigenvalue weighted by Crippen LogP contribution is -2.42. The molecule has 1 aliphatic rings. The molecular formula is C13H19N3O. The first-order valence-corrected chi connectivity index (χ1v) is 6.08. The first kappa shape index (κ1) is 11.9. The number of rotatable bonds is 1. The Morgan fingerprint density at radius 3 is 2.88 bits per heavy atom. The molecule has 0 aromatic carbocycles. The van der Waals surface area contributed by atoms with Gasteiger partial charge in [0.1, 0.15) is 0 Å². The molecule has 1 aromatic rings. The number of likely N-dealkylation sites (tertiary alicyclic amines) is 1. The molecule has 2 rings (SSSR count). The highest BCUT2D eigenvalue weighted by Crippen LogP contribution is 2.24. The molecule has 0 spiro atoms. The van der Waals surface area contributed by atoms with Gasteiger partial charge in [0, 0.05) is 19.3 Å². The van der Waals surface area contributed by atoms with Crippen molar-refractivity contribution in [1.29, 1.82) is 0 Å². The van der Waals surface area contributed by atoms with Crippen molar-refractivity contribution in [2.24, 2.45) is 11.8 Å². The largest absolute Gasteiger partial charge is 0.397 e. The second-order valence-electron chi connectivity index (χ2n) is 4.96. The molecule has 4 nitrogen and oxygen atoms in total. The topological polar surface area (TPSA) is 59.2 Å². The molecule has 2 heterocycles. The van der Waals surface area contributed by atoms with Gasteiger partial charge in [0.15, 0.2) is 0 Å². The molecule has 1 amide bonds. The van der Waals surface area contributed by atoms with E-state index in [-0.39, 0.29) is 5.91 Å². The van der Waals surface area contributed by atoms with Gasteiger partial charge in [-0.3, -0.25) is 9.78 Å². The fraction of sp³-hybridized carbons (Fsp3) is 0.538. The molecular weight excluding hydrogens is 214 g/mol. The van der Waals surface area contributed by atoms with Crippen LogP contribution in [0.15, 0.2) is 18.5 Å². The van der Waals surface area contributed by atoms with E-state index in [0.29, 0.717) is 23.1 Å². The van der Waals surface area contributed by atoms with Crippen LogP contribution in [0, 0.1) is 11.8 Å². The lowest BCUT2D eigenvalue weighted by atomic mass is 9.88. The average molecular weight is 233 g/mol. The van der Waals surface area contributed by atoms with Gasteiger partial charge in [-0.15, -0.1) is 0 Å². The number of aromatic nitrogens is 1. The molecule has 1 saturated heterocycles. The van der Waals surface area contributed by atoms with Crippen LogP contribution in [-0.4, -0.2) is 28.9 Å². The molecule has 0 saturated carbocycles. The number of nitrogens with zero attached hydrogens (tertiary/aromatic N) is 2. The average Bonchev–Trinajstić information content (AvgIpc) is 2.32. The zero-order chi connectivity index (χ0) is 12.4. The first-order valence-electron chi connectivity index (χ1n) is 6.08. The molecule has 0 bridgehead atoms. The SMILES string of the molecule is CC1CCN(C(=O)c2ccncc2N)CC1C. The number of pyridine rings is 1. The van der Waals surface area contributed by atoms with Gasteiger partial charge in [-0.25, -0.2) is 0 Å². The van der Waals surface area contributed by atoms with Crippen molar-refractivity contribution >= 4 is 11.6 Å². The molecule has 0 aliphatic carbocycles. The van der Waals surface area contributed by atoms with Gasteiger partial charge >= 0.3 is 0 Å². The number of piperidine rings is 1. The van der Waals surface area contributed by atoms with Gasteiger partial charge in [-0.2, -0.15) is 0 Å². The summed E-state index contributed by atoms with van der Waals surface area (Å²) in [5.74, 6) is 1.27. The Kier molecular flexibility index (Phi) is 3.31. The Morgan fingerprint density at radius 2 is 2.24 bits per heavy atom. The van der Waals surface area contributed by atoms with Gasteiger partial charge in [-0.05, 0) is 24.3 Å². The minimum absolute atomic E-state index is 0.0312. The smallest absolute Gasteiger partial charge is 0.256 e. The Bertz CT molecular complexity index is 419. The number of nitrogens with two attached hydrogens (primary N) is 1. The quantitative estimate of drug-likeness (QED) is 0.804. The van der Waals surface area contributed by atoms with E-state index in [1.807, 2.05) is 4.90 Å². The van der Waals surface area contributed by atoms with Gasteiger partial charge in [0.25, 0.3) is 5.91 Å². The molecule has 92 valence electrons. The molecule has 2 atom stereocenters. The summed E-state index contributed by atoms with van der Waals surface area (Å²) in [6, 6.07) is 1.69. The molecule has 2 unspecified atom stereocenters.